The third kappa shape index (κ3) is 8.14. The summed E-state index contributed by atoms with van der Waals surface area (Å²) in [6, 6.07) is -0.919. The van der Waals surface area contributed by atoms with Crippen LogP contribution in [0.5, 0.6) is 0 Å². The Balaban J connectivity index is 2.32. The van der Waals surface area contributed by atoms with E-state index in [0.717, 1.165) is 38.5 Å². The van der Waals surface area contributed by atoms with E-state index in [1.54, 1.807) is 0 Å². The van der Waals surface area contributed by atoms with Crippen LogP contribution < -0.4 is 5.32 Å². The molecular weight excluding hydrogens is 324 g/mol. The Morgan fingerprint density at radius 2 is 1.68 bits per heavy atom. The molecule has 7 nitrogen and oxygen atoms in total. The normalized spacial score (nSPS) is 17.0. The van der Waals surface area contributed by atoms with E-state index < -0.39 is 18.0 Å². The van der Waals surface area contributed by atoms with Gasteiger partial charge in [0.25, 0.3) is 5.91 Å². The molecular formula is C18H30N2O5. The summed E-state index contributed by atoms with van der Waals surface area (Å²) in [4.78, 5) is 47.6. The van der Waals surface area contributed by atoms with Gasteiger partial charge in [-0.25, -0.2) is 4.79 Å². The van der Waals surface area contributed by atoms with E-state index in [-0.39, 0.29) is 24.7 Å². The second-order valence-corrected chi connectivity index (χ2v) is 6.60. The molecule has 0 spiro atoms. The monoisotopic (exact) mass is 354 g/mol. The Bertz CT molecular complexity index is 478. The zero-order valence-corrected chi connectivity index (χ0v) is 15.1. The molecule has 7 heteroatoms. The molecule has 1 aliphatic rings. The highest BCUT2D eigenvalue weighted by molar-refractivity contribution is 6.04. The van der Waals surface area contributed by atoms with Gasteiger partial charge < -0.3 is 10.0 Å². The standard InChI is InChI=1S/C18H30N2O5/c1-2-3-6-9-14(21)12-13-20-15(17(24)19-18(20)25)10-7-4-5-8-11-16(22)23/h15H,2-13H2,1H3,(H,22,23)(H,19,24,25). The molecule has 1 atom stereocenters. The van der Waals surface area contributed by atoms with Crippen LogP contribution in [0.25, 0.3) is 0 Å². The summed E-state index contributed by atoms with van der Waals surface area (Å²) in [5.74, 6) is -0.961. The smallest absolute Gasteiger partial charge is 0.324 e. The predicted octanol–water partition coefficient (Wildman–Crippen LogP) is 2.87. The molecule has 0 bridgehead atoms. The number of carboxylic acids is 1. The summed E-state index contributed by atoms with van der Waals surface area (Å²) in [7, 11) is 0. The summed E-state index contributed by atoms with van der Waals surface area (Å²) in [5.41, 5.74) is 0. The highest BCUT2D eigenvalue weighted by Gasteiger charge is 2.37. The average molecular weight is 354 g/mol. The maximum absolute atomic E-state index is 11.9. The van der Waals surface area contributed by atoms with Gasteiger partial charge in [-0.3, -0.25) is 19.7 Å². The predicted molar refractivity (Wildman–Crippen MR) is 93.1 cm³/mol. The number of rotatable bonds is 14. The van der Waals surface area contributed by atoms with Gasteiger partial charge in [-0.15, -0.1) is 0 Å². The van der Waals surface area contributed by atoms with Crippen molar-refractivity contribution in [1.29, 1.82) is 0 Å². The molecule has 1 rings (SSSR count). The second-order valence-electron chi connectivity index (χ2n) is 6.60. The van der Waals surface area contributed by atoms with Crippen LogP contribution in [-0.4, -0.2) is 46.3 Å². The van der Waals surface area contributed by atoms with Gasteiger partial charge in [0.15, 0.2) is 0 Å². The Morgan fingerprint density at radius 3 is 2.36 bits per heavy atom. The number of urea groups is 1. The van der Waals surface area contributed by atoms with Crippen LogP contribution in [0.1, 0.15) is 77.6 Å². The molecule has 2 N–H and O–H groups in total. The van der Waals surface area contributed by atoms with E-state index in [1.807, 2.05) is 0 Å². The van der Waals surface area contributed by atoms with Crippen LogP contribution in [0.3, 0.4) is 0 Å². The third-order valence-electron chi connectivity index (χ3n) is 4.48. The lowest BCUT2D eigenvalue weighted by Gasteiger charge is -2.21. The van der Waals surface area contributed by atoms with Crippen molar-refractivity contribution in [3.63, 3.8) is 0 Å². The van der Waals surface area contributed by atoms with Crippen LogP contribution >= 0.6 is 0 Å². The number of ketones is 1. The fourth-order valence-electron chi connectivity index (χ4n) is 3.00. The van der Waals surface area contributed by atoms with Crippen LogP contribution in [0.4, 0.5) is 4.79 Å². The maximum Gasteiger partial charge on any atom is 0.324 e. The van der Waals surface area contributed by atoms with Gasteiger partial charge in [0.05, 0.1) is 0 Å². The number of nitrogens with one attached hydrogen (secondary N) is 1. The number of aliphatic carboxylic acids is 1. The molecule has 0 radical (unpaired) electrons. The maximum atomic E-state index is 11.9. The summed E-state index contributed by atoms with van der Waals surface area (Å²) < 4.78 is 0. The van der Waals surface area contributed by atoms with Gasteiger partial charge in [0.1, 0.15) is 11.8 Å². The lowest BCUT2D eigenvalue weighted by Crippen LogP contribution is -2.36. The van der Waals surface area contributed by atoms with Crippen LogP contribution in [0.2, 0.25) is 0 Å². The van der Waals surface area contributed by atoms with E-state index in [1.165, 1.54) is 4.90 Å². The minimum atomic E-state index is -0.796. The molecule has 25 heavy (non-hydrogen) atoms. The van der Waals surface area contributed by atoms with Gasteiger partial charge in [0.2, 0.25) is 0 Å². The number of carbonyl (C=O) groups is 4. The number of imide groups is 1. The zero-order valence-electron chi connectivity index (χ0n) is 15.1. The summed E-state index contributed by atoms with van der Waals surface area (Å²) >= 11 is 0. The van der Waals surface area contributed by atoms with Crippen molar-refractivity contribution in [3.8, 4) is 0 Å². The van der Waals surface area contributed by atoms with Gasteiger partial charge in [-0.2, -0.15) is 0 Å². The first kappa shape index (κ1) is 21.1. The minimum absolute atomic E-state index is 0.132. The quantitative estimate of drug-likeness (QED) is 0.369. The number of Topliss-reactive ketones (excluding diaryl/α,β-unsaturated/α-hetero) is 1. The molecule has 142 valence electrons. The Morgan fingerprint density at radius 1 is 1.00 bits per heavy atom. The zero-order chi connectivity index (χ0) is 18.7. The number of unbranched alkanes of at least 4 members (excludes halogenated alkanes) is 5. The summed E-state index contributed by atoms with van der Waals surface area (Å²) in [5, 5.41) is 10.9. The molecule has 1 heterocycles. The van der Waals surface area contributed by atoms with Crippen molar-refractivity contribution >= 4 is 23.7 Å². The van der Waals surface area contributed by atoms with Crippen LogP contribution in [-0.2, 0) is 14.4 Å². The van der Waals surface area contributed by atoms with E-state index in [9.17, 15) is 19.2 Å². The number of carboxylic acid groups (broad SMARTS) is 1. The molecule has 0 aromatic carbocycles. The van der Waals surface area contributed by atoms with Crippen molar-refractivity contribution in [2.24, 2.45) is 0 Å². The molecule has 1 aliphatic heterocycles. The number of amides is 3. The van der Waals surface area contributed by atoms with Gasteiger partial charge >= 0.3 is 12.0 Å². The van der Waals surface area contributed by atoms with Crippen molar-refractivity contribution in [2.45, 2.75) is 83.6 Å². The van der Waals surface area contributed by atoms with Crippen LogP contribution in [0, 0.1) is 0 Å². The topological polar surface area (TPSA) is 104 Å². The summed E-state index contributed by atoms with van der Waals surface area (Å²) in [6.45, 7) is 2.36. The molecule has 1 saturated heterocycles. The molecule has 3 amide bonds. The highest BCUT2D eigenvalue weighted by Crippen LogP contribution is 2.17. The molecule has 1 fully saturated rings. The number of carbonyl (C=O) groups excluding carboxylic acids is 3. The van der Waals surface area contributed by atoms with E-state index in [0.29, 0.717) is 25.7 Å². The fourth-order valence-corrected chi connectivity index (χ4v) is 3.00. The van der Waals surface area contributed by atoms with E-state index in [2.05, 4.69) is 12.2 Å². The number of hydrogen-bond donors (Lipinski definition) is 2. The van der Waals surface area contributed by atoms with Gasteiger partial charge in [-0.1, -0.05) is 39.0 Å². The van der Waals surface area contributed by atoms with Crippen molar-refractivity contribution in [1.82, 2.24) is 10.2 Å². The minimum Gasteiger partial charge on any atom is -0.481 e. The SMILES string of the molecule is CCCCCC(=O)CCN1C(=O)NC(=O)C1CCCCCCC(=O)O. The largest absolute Gasteiger partial charge is 0.481 e. The molecule has 0 aromatic heterocycles. The van der Waals surface area contributed by atoms with Crippen molar-refractivity contribution in [2.75, 3.05) is 6.54 Å². The Labute approximate surface area is 149 Å². The first-order valence-electron chi connectivity index (χ1n) is 9.30. The lowest BCUT2D eigenvalue weighted by atomic mass is 10.0. The molecule has 0 saturated carbocycles. The van der Waals surface area contributed by atoms with E-state index in [4.69, 9.17) is 5.11 Å². The number of hydrogen-bond acceptors (Lipinski definition) is 4. The second kappa shape index (κ2) is 11.6. The molecule has 0 aromatic rings. The third-order valence-corrected chi connectivity index (χ3v) is 4.48. The Hall–Kier alpha value is -1.92. The van der Waals surface area contributed by atoms with Gasteiger partial charge in [-0.05, 0) is 19.3 Å². The first-order valence-corrected chi connectivity index (χ1v) is 9.30. The molecule has 0 aliphatic carbocycles. The van der Waals surface area contributed by atoms with Crippen molar-refractivity contribution in [3.05, 3.63) is 0 Å². The van der Waals surface area contributed by atoms with E-state index >= 15 is 0 Å². The Kier molecular flexibility index (Phi) is 9.80. The fraction of sp³-hybridized carbons (Fsp3) is 0.778. The average Bonchev–Trinajstić information content (AvgIpc) is 2.82. The van der Waals surface area contributed by atoms with Gasteiger partial charge in [0, 0.05) is 25.8 Å². The van der Waals surface area contributed by atoms with Crippen LogP contribution in [0.15, 0.2) is 0 Å². The van der Waals surface area contributed by atoms with Crippen molar-refractivity contribution < 1.29 is 24.3 Å². The highest BCUT2D eigenvalue weighted by atomic mass is 16.4. The molecule has 1 unspecified atom stereocenters. The number of nitrogens with zero attached hydrogens (tertiary/aromatic N) is 1. The lowest BCUT2D eigenvalue weighted by molar-refractivity contribution is -0.137. The first-order chi connectivity index (χ1) is 12.0. The summed E-state index contributed by atoms with van der Waals surface area (Å²) in [6.07, 6.45) is 7.50.